The van der Waals surface area contributed by atoms with Gasteiger partial charge in [-0.15, -0.1) is 0 Å². The molecule has 0 aromatic carbocycles. The van der Waals surface area contributed by atoms with Crippen molar-refractivity contribution in [3.05, 3.63) is 0 Å². The monoisotopic (exact) mass is 622 g/mol. The summed E-state index contributed by atoms with van der Waals surface area (Å²) >= 11 is 0. The van der Waals surface area contributed by atoms with Crippen LogP contribution in [0.4, 0.5) is 0 Å². The van der Waals surface area contributed by atoms with Crippen LogP contribution >= 0.6 is 0 Å². The van der Waals surface area contributed by atoms with E-state index < -0.39 is 0 Å². The topological polar surface area (TPSA) is 100 Å². The van der Waals surface area contributed by atoms with E-state index in [1.54, 1.807) is 0 Å². The Morgan fingerprint density at radius 3 is 0.907 bits per heavy atom. The van der Waals surface area contributed by atoms with Gasteiger partial charge in [-0.2, -0.15) is 0 Å². The quantitative estimate of drug-likeness (QED) is 0.0623. The summed E-state index contributed by atoms with van der Waals surface area (Å²) in [5.41, 5.74) is 0. The predicted octanol–water partition coefficient (Wildman–Crippen LogP) is 5.77. The van der Waals surface area contributed by atoms with Gasteiger partial charge in [0, 0.05) is 6.61 Å². The average Bonchev–Trinajstić information content (AvgIpc) is 3.02. The van der Waals surface area contributed by atoms with Crippen LogP contribution in [0.1, 0.15) is 96.8 Å². The summed E-state index contributed by atoms with van der Waals surface area (Å²) in [5, 5.41) is 0. The first-order chi connectivity index (χ1) is 21.3. The number of esters is 1. The minimum absolute atomic E-state index is 0.254. The zero-order chi connectivity index (χ0) is 31.2. The number of hydrogen-bond donors (Lipinski definition) is 0. The van der Waals surface area contributed by atoms with Crippen molar-refractivity contribution < 1.29 is 47.4 Å². The zero-order valence-electron chi connectivity index (χ0n) is 27.8. The molecule has 43 heavy (non-hydrogen) atoms. The summed E-state index contributed by atoms with van der Waals surface area (Å²) < 4.78 is 48.3. The Balaban J connectivity index is 3.04. The van der Waals surface area contributed by atoms with Gasteiger partial charge in [0.1, 0.15) is 0 Å². The van der Waals surface area contributed by atoms with Gasteiger partial charge in [-0.05, 0) is 6.42 Å². The maximum atomic E-state index is 10.9. The molecule has 0 bridgehead atoms. The van der Waals surface area contributed by atoms with Crippen LogP contribution in [-0.4, -0.2) is 119 Å². The van der Waals surface area contributed by atoms with E-state index in [-0.39, 0.29) is 12.4 Å². The van der Waals surface area contributed by atoms with Crippen molar-refractivity contribution in [1.82, 2.24) is 0 Å². The molecular weight excluding hydrogens is 556 g/mol. The molecule has 258 valence electrons. The molecule has 10 heteroatoms. The highest BCUT2D eigenvalue weighted by Crippen LogP contribution is 2.12. The molecule has 0 radical (unpaired) electrons. The summed E-state index contributed by atoms with van der Waals surface area (Å²) in [6, 6.07) is 0. The molecule has 0 saturated heterocycles. The first kappa shape index (κ1) is 42.1. The van der Waals surface area contributed by atoms with Crippen LogP contribution in [0, 0.1) is 0 Å². The SMILES string of the molecule is CCCCCCCCCCCCCCCOCCOCCOCCOCCOCCOCCOCCOCCC(=O)OC. The fraction of sp³-hybridized carbons (Fsp3) is 0.970. The van der Waals surface area contributed by atoms with E-state index in [4.69, 9.17) is 37.9 Å². The highest BCUT2D eigenvalue weighted by molar-refractivity contribution is 5.69. The molecular formula is C33H66O10. The molecule has 0 rings (SSSR count). The summed E-state index contributed by atoms with van der Waals surface area (Å²) in [5.74, 6) is -0.277. The largest absolute Gasteiger partial charge is 0.469 e. The van der Waals surface area contributed by atoms with Gasteiger partial charge in [-0.1, -0.05) is 84.0 Å². The van der Waals surface area contributed by atoms with E-state index in [0.717, 1.165) is 13.0 Å². The molecule has 0 fully saturated rings. The summed E-state index contributed by atoms with van der Waals surface area (Å²) in [4.78, 5) is 10.9. The second kappa shape index (κ2) is 39.2. The van der Waals surface area contributed by atoms with E-state index in [1.807, 2.05) is 0 Å². The second-order valence-electron chi connectivity index (χ2n) is 10.5. The van der Waals surface area contributed by atoms with E-state index in [9.17, 15) is 4.79 Å². The normalized spacial score (nSPS) is 11.4. The van der Waals surface area contributed by atoms with Crippen LogP contribution in [-0.2, 0) is 47.4 Å². The first-order valence-electron chi connectivity index (χ1n) is 17.0. The molecule has 0 saturated carbocycles. The Morgan fingerprint density at radius 1 is 0.349 bits per heavy atom. The second-order valence-corrected chi connectivity index (χ2v) is 10.5. The van der Waals surface area contributed by atoms with Gasteiger partial charge in [-0.3, -0.25) is 4.79 Å². The van der Waals surface area contributed by atoms with Crippen molar-refractivity contribution in [3.8, 4) is 0 Å². The van der Waals surface area contributed by atoms with Gasteiger partial charge < -0.3 is 42.6 Å². The molecule has 0 aromatic heterocycles. The van der Waals surface area contributed by atoms with E-state index in [0.29, 0.717) is 99.1 Å². The first-order valence-corrected chi connectivity index (χ1v) is 17.0. The lowest BCUT2D eigenvalue weighted by Gasteiger charge is -2.08. The number of carbonyl (C=O) groups is 1. The Hall–Kier alpha value is -0.850. The lowest BCUT2D eigenvalue weighted by Crippen LogP contribution is -2.15. The fourth-order valence-electron chi connectivity index (χ4n) is 4.12. The molecule has 0 N–H and O–H groups in total. The molecule has 0 aliphatic heterocycles. The van der Waals surface area contributed by atoms with E-state index in [1.165, 1.54) is 84.2 Å². The number of unbranched alkanes of at least 4 members (excludes halogenated alkanes) is 12. The van der Waals surface area contributed by atoms with Gasteiger partial charge >= 0.3 is 5.97 Å². The number of carbonyl (C=O) groups excluding carboxylic acids is 1. The van der Waals surface area contributed by atoms with Crippen molar-refractivity contribution in [2.45, 2.75) is 96.8 Å². The summed E-state index contributed by atoms with van der Waals surface area (Å²) in [6.45, 7) is 10.9. The van der Waals surface area contributed by atoms with Gasteiger partial charge in [-0.25, -0.2) is 0 Å². The lowest BCUT2D eigenvalue weighted by atomic mass is 10.0. The molecule has 0 aliphatic carbocycles. The number of rotatable bonds is 38. The number of ether oxygens (including phenoxy) is 9. The molecule has 0 spiro atoms. The van der Waals surface area contributed by atoms with Crippen molar-refractivity contribution in [1.29, 1.82) is 0 Å². The van der Waals surface area contributed by atoms with Crippen LogP contribution in [0.25, 0.3) is 0 Å². The predicted molar refractivity (Wildman–Crippen MR) is 169 cm³/mol. The Kier molecular flexibility index (Phi) is 38.4. The Morgan fingerprint density at radius 2 is 0.605 bits per heavy atom. The molecule has 0 atom stereocenters. The van der Waals surface area contributed by atoms with Gasteiger partial charge in [0.15, 0.2) is 0 Å². The molecule has 0 aromatic rings. The minimum atomic E-state index is -0.277. The van der Waals surface area contributed by atoms with Crippen molar-refractivity contribution in [2.24, 2.45) is 0 Å². The molecule has 0 unspecified atom stereocenters. The van der Waals surface area contributed by atoms with Crippen molar-refractivity contribution in [3.63, 3.8) is 0 Å². The number of hydrogen-bond acceptors (Lipinski definition) is 10. The minimum Gasteiger partial charge on any atom is -0.469 e. The Labute approximate surface area is 263 Å². The van der Waals surface area contributed by atoms with Gasteiger partial charge in [0.2, 0.25) is 0 Å². The third-order valence-corrected chi connectivity index (χ3v) is 6.67. The van der Waals surface area contributed by atoms with Crippen LogP contribution in [0.3, 0.4) is 0 Å². The molecule has 10 nitrogen and oxygen atoms in total. The van der Waals surface area contributed by atoms with E-state index >= 15 is 0 Å². The van der Waals surface area contributed by atoms with E-state index in [2.05, 4.69) is 11.7 Å². The maximum Gasteiger partial charge on any atom is 0.307 e. The fourth-order valence-corrected chi connectivity index (χ4v) is 4.12. The summed E-state index contributed by atoms with van der Waals surface area (Å²) in [7, 11) is 1.36. The highest BCUT2D eigenvalue weighted by Gasteiger charge is 1.99. The molecule has 0 aliphatic rings. The van der Waals surface area contributed by atoms with Crippen LogP contribution in [0.15, 0.2) is 0 Å². The van der Waals surface area contributed by atoms with Crippen molar-refractivity contribution in [2.75, 3.05) is 113 Å². The van der Waals surface area contributed by atoms with Crippen LogP contribution in [0.5, 0.6) is 0 Å². The van der Waals surface area contributed by atoms with Crippen LogP contribution < -0.4 is 0 Å². The highest BCUT2D eigenvalue weighted by atomic mass is 16.6. The standard InChI is InChI=1S/C33H66O10/c1-3-4-5-6-7-8-9-10-11-12-13-14-15-17-36-19-21-38-23-25-40-27-29-42-31-32-43-30-28-41-26-24-39-22-20-37-18-16-33(34)35-2/h3-32H2,1-2H3. The number of methoxy groups -OCH3 is 1. The van der Waals surface area contributed by atoms with Gasteiger partial charge in [0.25, 0.3) is 0 Å². The third-order valence-electron chi connectivity index (χ3n) is 6.67. The average molecular weight is 623 g/mol. The molecule has 0 heterocycles. The zero-order valence-corrected chi connectivity index (χ0v) is 27.8. The Bertz CT molecular complexity index is 524. The van der Waals surface area contributed by atoms with Gasteiger partial charge in [0.05, 0.1) is 113 Å². The maximum absolute atomic E-state index is 10.9. The lowest BCUT2D eigenvalue weighted by molar-refractivity contribution is -0.141. The smallest absolute Gasteiger partial charge is 0.307 e. The van der Waals surface area contributed by atoms with Crippen molar-refractivity contribution >= 4 is 5.97 Å². The molecule has 0 amide bonds. The van der Waals surface area contributed by atoms with Crippen LogP contribution in [0.2, 0.25) is 0 Å². The summed E-state index contributed by atoms with van der Waals surface area (Å²) in [6.07, 6.45) is 18.0. The third kappa shape index (κ3) is 39.1.